The molecule has 1 amide bonds. The predicted octanol–water partition coefficient (Wildman–Crippen LogP) is 3.77. The van der Waals surface area contributed by atoms with Crippen molar-refractivity contribution in [3.63, 3.8) is 0 Å². The molecule has 0 atom stereocenters. The summed E-state index contributed by atoms with van der Waals surface area (Å²) < 4.78 is 2.67. The number of aromatic nitrogens is 4. The molecule has 3 heterocycles. The van der Waals surface area contributed by atoms with Crippen LogP contribution in [0.2, 0.25) is 0 Å². The second kappa shape index (κ2) is 9.53. The number of carbonyl (C=O) groups excluding carboxylic acids is 1. The molecule has 0 unspecified atom stereocenters. The summed E-state index contributed by atoms with van der Waals surface area (Å²) in [5.74, 6) is 0.644. The summed E-state index contributed by atoms with van der Waals surface area (Å²) >= 11 is 4.78. The number of aromatic hydroxyl groups is 2. The molecule has 3 aromatic rings. The van der Waals surface area contributed by atoms with Crippen molar-refractivity contribution in [3.8, 4) is 11.5 Å². The Morgan fingerprint density at radius 2 is 1.97 bits per heavy atom. The first-order valence-electron chi connectivity index (χ1n) is 10.5. The summed E-state index contributed by atoms with van der Waals surface area (Å²) in [5, 5.41) is 20.3. The Morgan fingerprint density at radius 1 is 1.25 bits per heavy atom. The van der Waals surface area contributed by atoms with Crippen molar-refractivity contribution in [2.75, 3.05) is 18.8 Å². The summed E-state index contributed by atoms with van der Waals surface area (Å²) in [5.41, 5.74) is 7.25. The molecule has 1 aliphatic heterocycles. The molecule has 1 aliphatic rings. The third kappa shape index (κ3) is 4.63. The van der Waals surface area contributed by atoms with Crippen molar-refractivity contribution >= 4 is 50.6 Å². The van der Waals surface area contributed by atoms with Crippen LogP contribution in [0.15, 0.2) is 33.0 Å². The number of benzene rings is 1. The Kier molecular flexibility index (Phi) is 6.75. The minimum Gasteiger partial charge on any atom is -0.504 e. The highest BCUT2D eigenvalue weighted by Gasteiger charge is 2.23. The number of fused-ring (bicyclic) bond motifs is 1. The number of aryl methyl sites for hydroxylation is 1. The summed E-state index contributed by atoms with van der Waals surface area (Å²) in [4.78, 5) is 27.7. The lowest BCUT2D eigenvalue weighted by atomic mass is 9.93. The molecule has 4 N–H and O–H groups in total. The first-order valence-corrected chi connectivity index (χ1v) is 12.1. The highest BCUT2D eigenvalue weighted by molar-refractivity contribution is 9.10. The maximum atomic E-state index is 11.9. The Morgan fingerprint density at radius 3 is 2.69 bits per heavy atom. The van der Waals surface area contributed by atoms with Gasteiger partial charge in [-0.3, -0.25) is 4.79 Å². The number of phenolic OH excluding ortho intramolecular Hbond substituents is 2. The Balaban J connectivity index is 1.56. The van der Waals surface area contributed by atoms with E-state index in [1.807, 2.05) is 16.4 Å². The zero-order valence-corrected chi connectivity index (χ0v) is 20.1. The highest BCUT2D eigenvalue weighted by atomic mass is 79.9. The van der Waals surface area contributed by atoms with Crippen LogP contribution in [-0.4, -0.2) is 53.6 Å². The molecular weight excluding hydrogens is 496 g/mol. The average molecular weight is 521 g/mol. The maximum Gasteiger partial charge on any atom is 0.222 e. The smallest absolute Gasteiger partial charge is 0.222 e. The number of halogens is 1. The second-order valence-electron chi connectivity index (χ2n) is 7.82. The van der Waals surface area contributed by atoms with Crippen molar-refractivity contribution in [2.45, 2.75) is 49.2 Å². The van der Waals surface area contributed by atoms with Crippen molar-refractivity contribution < 1.29 is 15.0 Å². The van der Waals surface area contributed by atoms with Gasteiger partial charge in [-0.05, 0) is 53.2 Å². The van der Waals surface area contributed by atoms with E-state index in [0.717, 1.165) is 32.4 Å². The van der Waals surface area contributed by atoms with Gasteiger partial charge in [0.25, 0.3) is 0 Å². The molecule has 11 heteroatoms. The van der Waals surface area contributed by atoms with Gasteiger partial charge in [-0.25, -0.2) is 15.0 Å². The molecular formula is C21H25BrN6O3S. The number of imidazole rings is 1. The minimum atomic E-state index is -0.203. The molecule has 2 aromatic heterocycles. The number of hydrogen-bond acceptors (Lipinski definition) is 8. The summed E-state index contributed by atoms with van der Waals surface area (Å²) in [6.07, 6.45) is 4.88. The summed E-state index contributed by atoms with van der Waals surface area (Å²) in [7, 11) is 0. The van der Waals surface area contributed by atoms with Crippen LogP contribution < -0.4 is 5.73 Å². The first-order chi connectivity index (χ1) is 15.4. The Labute approximate surface area is 198 Å². The Hall–Kier alpha value is -2.53. The number of nitrogens with two attached hydrogens (primary N) is 1. The summed E-state index contributed by atoms with van der Waals surface area (Å²) in [6.45, 7) is 4.21. The molecule has 1 fully saturated rings. The topological polar surface area (TPSA) is 130 Å². The normalized spacial score (nSPS) is 14.9. The van der Waals surface area contributed by atoms with Gasteiger partial charge in [-0.15, -0.1) is 0 Å². The number of anilines is 1. The van der Waals surface area contributed by atoms with E-state index in [4.69, 9.17) is 5.73 Å². The monoisotopic (exact) mass is 520 g/mol. The van der Waals surface area contributed by atoms with Gasteiger partial charge in [0, 0.05) is 35.4 Å². The molecule has 0 bridgehead atoms. The average Bonchev–Trinajstić information content (AvgIpc) is 3.14. The van der Waals surface area contributed by atoms with E-state index in [0.29, 0.717) is 50.4 Å². The Bertz CT molecular complexity index is 1150. The molecule has 0 aliphatic carbocycles. The van der Waals surface area contributed by atoms with E-state index in [2.05, 4.69) is 30.9 Å². The number of rotatable bonds is 6. The van der Waals surface area contributed by atoms with Crippen molar-refractivity contribution in [1.29, 1.82) is 0 Å². The number of piperidine rings is 1. The lowest BCUT2D eigenvalue weighted by molar-refractivity contribution is -0.132. The quantitative estimate of drug-likeness (QED) is 0.418. The van der Waals surface area contributed by atoms with Crippen LogP contribution >= 0.6 is 27.7 Å². The van der Waals surface area contributed by atoms with Crippen LogP contribution in [0.3, 0.4) is 0 Å². The predicted molar refractivity (Wildman–Crippen MR) is 126 cm³/mol. The molecule has 32 heavy (non-hydrogen) atoms. The first kappa shape index (κ1) is 22.7. The third-order valence-electron chi connectivity index (χ3n) is 5.79. The van der Waals surface area contributed by atoms with Crippen molar-refractivity contribution in [2.24, 2.45) is 5.92 Å². The number of amides is 1. The van der Waals surface area contributed by atoms with Crippen LogP contribution in [0, 0.1) is 5.92 Å². The molecule has 0 radical (unpaired) electrons. The van der Waals surface area contributed by atoms with Crippen molar-refractivity contribution in [3.05, 3.63) is 22.9 Å². The van der Waals surface area contributed by atoms with Gasteiger partial charge in [0.15, 0.2) is 33.6 Å². The number of carbonyl (C=O) groups is 1. The van der Waals surface area contributed by atoms with Gasteiger partial charge in [-0.2, -0.15) is 0 Å². The van der Waals surface area contributed by atoms with Gasteiger partial charge >= 0.3 is 0 Å². The number of nitrogen functional groups attached to an aromatic ring is 1. The van der Waals surface area contributed by atoms with E-state index in [1.54, 1.807) is 0 Å². The molecule has 170 valence electrons. The van der Waals surface area contributed by atoms with Crippen LogP contribution in [0.1, 0.15) is 32.6 Å². The number of phenols is 2. The van der Waals surface area contributed by atoms with Gasteiger partial charge < -0.3 is 25.4 Å². The van der Waals surface area contributed by atoms with E-state index in [9.17, 15) is 15.0 Å². The fourth-order valence-electron chi connectivity index (χ4n) is 3.93. The van der Waals surface area contributed by atoms with Gasteiger partial charge in [0.05, 0.1) is 0 Å². The maximum absolute atomic E-state index is 11.9. The molecule has 4 rings (SSSR count). The molecule has 0 spiro atoms. The van der Waals surface area contributed by atoms with E-state index in [1.165, 1.54) is 30.2 Å². The molecule has 0 saturated carbocycles. The van der Waals surface area contributed by atoms with Crippen molar-refractivity contribution in [1.82, 2.24) is 24.4 Å². The van der Waals surface area contributed by atoms with Crippen LogP contribution in [0.4, 0.5) is 5.82 Å². The van der Waals surface area contributed by atoms with Gasteiger partial charge in [0.1, 0.15) is 6.33 Å². The number of nitrogens with zero attached hydrogens (tertiary/aromatic N) is 5. The molecule has 9 nitrogen and oxygen atoms in total. The summed E-state index contributed by atoms with van der Waals surface area (Å²) in [6, 6.07) is 2.94. The van der Waals surface area contributed by atoms with E-state index in [-0.39, 0.29) is 17.4 Å². The van der Waals surface area contributed by atoms with E-state index >= 15 is 0 Å². The fourth-order valence-corrected chi connectivity index (χ4v) is 5.45. The second-order valence-corrected chi connectivity index (χ2v) is 9.68. The lowest BCUT2D eigenvalue weighted by Crippen LogP contribution is -2.38. The van der Waals surface area contributed by atoms with Crippen LogP contribution in [-0.2, 0) is 11.3 Å². The van der Waals surface area contributed by atoms with Gasteiger partial charge in [-0.1, -0.05) is 18.7 Å². The zero-order valence-electron chi connectivity index (χ0n) is 17.7. The third-order valence-corrected chi connectivity index (χ3v) is 7.76. The number of hydrogen-bond donors (Lipinski definition) is 3. The van der Waals surface area contributed by atoms with Crippen LogP contribution in [0.25, 0.3) is 11.2 Å². The van der Waals surface area contributed by atoms with Gasteiger partial charge in [0.2, 0.25) is 5.91 Å². The highest BCUT2D eigenvalue weighted by Crippen LogP contribution is 2.40. The largest absolute Gasteiger partial charge is 0.504 e. The van der Waals surface area contributed by atoms with E-state index < -0.39 is 0 Å². The number of likely N-dealkylation sites (tertiary alicyclic amines) is 1. The zero-order chi connectivity index (χ0) is 22.8. The SMILES string of the molecule is CCC(=O)N1CCC(CCn2c(Sc3cc(O)c(O)cc3Br)nc3c(N)ncnc32)CC1. The van der Waals surface area contributed by atoms with Crippen LogP contribution in [0.5, 0.6) is 11.5 Å². The fraction of sp³-hybridized carbons (Fsp3) is 0.429. The molecule has 1 saturated heterocycles. The standard InChI is InChI=1S/C21H25BrN6O3S/c1-2-17(31)27-6-3-12(4-7-27)5-8-28-20-18(19(23)24-11-25-20)26-21(28)32-16-10-15(30)14(29)9-13(16)22/h9-12,29-30H,2-8H2,1H3,(H2,23,24,25). The lowest BCUT2D eigenvalue weighted by Gasteiger charge is -2.32. The molecule has 1 aromatic carbocycles. The minimum absolute atomic E-state index is 0.197.